The van der Waals surface area contributed by atoms with Gasteiger partial charge in [0.05, 0.1) is 24.9 Å². The maximum absolute atomic E-state index is 12.3. The van der Waals surface area contributed by atoms with E-state index in [2.05, 4.69) is 17.1 Å². The fourth-order valence-electron chi connectivity index (χ4n) is 4.95. The van der Waals surface area contributed by atoms with Crippen LogP contribution in [0.5, 0.6) is 0 Å². The number of hydrogen-bond donors (Lipinski definition) is 4. The highest BCUT2D eigenvalue weighted by atomic mass is 16.7. The largest absolute Gasteiger partial charge is 0.481 e. The Morgan fingerprint density at radius 3 is 2.54 bits per heavy atom. The van der Waals surface area contributed by atoms with Crippen LogP contribution < -0.4 is 5.32 Å². The number of carboxylic acids is 1. The summed E-state index contributed by atoms with van der Waals surface area (Å²) in [6, 6.07) is 15.0. The van der Waals surface area contributed by atoms with Crippen LogP contribution in [-0.4, -0.2) is 63.9 Å². The van der Waals surface area contributed by atoms with Gasteiger partial charge < -0.3 is 30.1 Å². The Kier molecular flexibility index (Phi) is 9.28. The number of aliphatic hydroxyl groups is 2. The number of carbonyl (C=O) groups is 2. The minimum absolute atomic E-state index is 0.0260. The average molecular weight is 513 g/mol. The molecular formula is C28H36N2O7. The summed E-state index contributed by atoms with van der Waals surface area (Å²) in [5.41, 5.74) is 3.17. The van der Waals surface area contributed by atoms with E-state index in [0.29, 0.717) is 18.8 Å². The maximum atomic E-state index is 12.3. The molecule has 200 valence electrons. The monoisotopic (exact) mass is 512 g/mol. The molecule has 1 amide bonds. The third-order valence-corrected chi connectivity index (χ3v) is 7.05. The van der Waals surface area contributed by atoms with E-state index in [9.17, 15) is 19.8 Å². The van der Waals surface area contributed by atoms with Gasteiger partial charge in [0, 0.05) is 49.6 Å². The first-order chi connectivity index (χ1) is 17.8. The number of benzene rings is 2. The summed E-state index contributed by atoms with van der Waals surface area (Å²) in [7, 11) is 0. The van der Waals surface area contributed by atoms with Crippen molar-refractivity contribution >= 4 is 17.6 Å². The van der Waals surface area contributed by atoms with Crippen LogP contribution in [0.2, 0.25) is 0 Å². The van der Waals surface area contributed by atoms with Gasteiger partial charge in [-0.2, -0.15) is 0 Å². The van der Waals surface area contributed by atoms with Crippen LogP contribution in [0.4, 0.5) is 5.69 Å². The molecule has 0 aliphatic carbocycles. The summed E-state index contributed by atoms with van der Waals surface area (Å²) < 4.78 is 12.9. The number of amides is 1. The number of anilines is 1. The molecule has 0 radical (unpaired) electrons. The lowest BCUT2D eigenvalue weighted by molar-refractivity contribution is -0.276. The molecule has 0 unspecified atom stereocenters. The van der Waals surface area contributed by atoms with Gasteiger partial charge in [0.15, 0.2) is 6.29 Å². The summed E-state index contributed by atoms with van der Waals surface area (Å²) in [4.78, 5) is 25.2. The van der Waals surface area contributed by atoms with Crippen LogP contribution in [0.3, 0.4) is 0 Å². The fourth-order valence-corrected chi connectivity index (χ4v) is 4.95. The van der Waals surface area contributed by atoms with Gasteiger partial charge in [-0.3, -0.25) is 14.5 Å². The molecular weight excluding hydrogens is 476 g/mol. The number of hydrogen-bond acceptors (Lipinski definition) is 7. The van der Waals surface area contributed by atoms with Crippen molar-refractivity contribution in [2.45, 2.75) is 63.8 Å². The third kappa shape index (κ3) is 7.37. The molecule has 2 fully saturated rings. The molecule has 4 rings (SSSR count). The molecule has 37 heavy (non-hydrogen) atoms. The number of carboxylic acid groups (broad SMARTS) is 1. The molecule has 9 nitrogen and oxygen atoms in total. The third-order valence-electron chi connectivity index (χ3n) is 7.05. The zero-order valence-electron chi connectivity index (χ0n) is 21.1. The van der Waals surface area contributed by atoms with Crippen molar-refractivity contribution in [3.63, 3.8) is 0 Å². The van der Waals surface area contributed by atoms with Gasteiger partial charge in [-0.1, -0.05) is 43.3 Å². The highest BCUT2D eigenvalue weighted by molar-refractivity contribution is 5.90. The standard InChI is InChI=1S/C28H36N2O7/c1-18-24(16-30-13-12-23(32)15-30)36-28(37-27(18)20-10-8-19(17-31)9-11-20)21-4-2-5-22(14-21)29-25(33)6-3-7-26(34)35/h2,4-5,8-11,14,18,23-24,27-28,31-32H,3,6-7,12-13,15-17H2,1H3,(H,29,33)(H,34,35)/t18-,23+,24+,27+,28+/m1/s1. The topological polar surface area (TPSA) is 129 Å². The quantitative estimate of drug-likeness (QED) is 0.382. The SMILES string of the molecule is C[C@@H]1[C@H](CN2CC[C@H](O)C2)O[C@H](c2cccc(NC(=O)CCCC(=O)O)c2)O[C@@H]1c1ccc(CO)cc1. The van der Waals surface area contributed by atoms with Crippen LogP contribution in [0.1, 0.15) is 61.7 Å². The van der Waals surface area contributed by atoms with Crippen molar-refractivity contribution in [1.82, 2.24) is 4.90 Å². The first-order valence-corrected chi connectivity index (χ1v) is 12.8. The minimum atomic E-state index is -0.922. The van der Waals surface area contributed by atoms with Gasteiger partial charge in [0.25, 0.3) is 0 Å². The van der Waals surface area contributed by atoms with Crippen molar-refractivity contribution < 1.29 is 34.4 Å². The second kappa shape index (κ2) is 12.6. The van der Waals surface area contributed by atoms with Gasteiger partial charge in [0.1, 0.15) is 0 Å². The fraction of sp³-hybridized carbons (Fsp3) is 0.500. The molecule has 2 aliphatic rings. The van der Waals surface area contributed by atoms with Crippen molar-refractivity contribution in [2.24, 2.45) is 5.92 Å². The number of likely N-dealkylation sites (tertiary alicyclic amines) is 1. The van der Waals surface area contributed by atoms with Crippen molar-refractivity contribution in [3.8, 4) is 0 Å². The van der Waals surface area contributed by atoms with Crippen molar-refractivity contribution in [2.75, 3.05) is 25.0 Å². The summed E-state index contributed by atoms with van der Waals surface area (Å²) in [6.45, 7) is 4.19. The highest BCUT2D eigenvalue weighted by Crippen LogP contribution is 2.42. The van der Waals surface area contributed by atoms with Gasteiger partial charge in [-0.25, -0.2) is 0 Å². The van der Waals surface area contributed by atoms with E-state index in [4.69, 9.17) is 14.6 Å². The van der Waals surface area contributed by atoms with Gasteiger partial charge >= 0.3 is 5.97 Å². The lowest BCUT2D eigenvalue weighted by Gasteiger charge is -2.42. The van der Waals surface area contributed by atoms with E-state index in [1.54, 1.807) is 6.07 Å². The van der Waals surface area contributed by atoms with Crippen molar-refractivity contribution in [1.29, 1.82) is 0 Å². The number of aliphatic hydroxyl groups excluding tert-OH is 2. The van der Waals surface area contributed by atoms with Crippen LogP contribution in [0.15, 0.2) is 48.5 Å². The van der Waals surface area contributed by atoms with Gasteiger partial charge in [-0.15, -0.1) is 0 Å². The molecule has 2 heterocycles. The molecule has 0 saturated carbocycles. The molecule has 2 aliphatic heterocycles. The molecule has 0 bridgehead atoms. The molecule has 2 aromatic carbocycles. The van der Waals surface area contributed by atoms with E-state index >= 15 is 0 Å². The molecule has 9 heteroatoms. The Morgan fingerprint density at radius 1 is 1.08 bits per heavy atom. The second-order valence-electron chi connectivity index (χ2n) is 9.94. The molecule has 5 atom stereocenters. The van der Waals surface area contributed by atoms with Crippen LogP contribution in [0.25, 0.3) is 0 Å². The number of ether oxygens (including phenoxy) is 2. The minimum Gasteiger partial charge on any atom is -0.481 e. The molecule has 4 N–H and O–H groups in total. The maximum Gasteiger partial charge on any atom is 0.303 e. The lowest BCUT2D eigenvalue weighted by atomic mass is 9.90. The van der Waals surface area contributed by atoms with Crippen LogP contribution >= 0.6 is 0 Å². The first kappa shape index (κ1) is 27.2. The Balaban J connectivity index is 1.51. The van der Waals surface area contributed by atoms with Gasteiger partial charge in [0.2, 0.25) is 5.91 Å². The van der Waals surface area contributed by atoms with E-state index in [1.807, 2.05) is 42.5 Å². The summed E-state index contributed by atoms with van der Waals surface area (Å²) in [6.07, 6.45) is -0.285. The van der Waals surface area contributed by atoms with Crippen molar-refractivity contribution in [3.05, 3.63) is 65.2 Å². The number of rotatable bonds is 10. The molecule has 0 spiro atoms. The summed E-state index contributed by atoms with van der Waals surface area (Å²) in [5.74, 6) is -1.13. The molecule has 0 aromatic heterocycles. The Bertz CT molecular complexity index is 1060. The highest BCUT2D eigenvalue weighted by Gasteiger charge is 2.40. The summed E-state index contributed by atoms with van der Waals surface area (Å²) in [5, 5.41) is 31.0. The number of β-amino-alcohol motifs (C(OH)–C–C–N with tert-alkyl or cyclic N) is 1. The number of carbonyl (C=O) groups excluding carboxylic acids is 1. The molecule has 2 aromatic rings. The Hall–Kier alpha value is -2.82. The van der Waals surface area contributed by atoms with E-state index in [0.717, 1.165) is 29.7 Å². The zero-order valence-corrected chi connectivity index (χ0v) is 21.1. The summed E-state index contributed by atoms with van der Waals surface area (Å²) >= 11 is 0. The predicted octanol–water partition coefficient (Wildman–Crippen LogP) is 3.23. The van der Waals surface area contributed by atoms with E-state index in [-0.39, 0.29) is 56.0 Å². The zero-order chi connectivity index (χ0) is 26.4. The number of aliphatic carboxylic acids is 1. The normalized spacial score (nSPS) is 26.2. The number of nitrogens with one attached hydrogen (secondary N) is 1. The number of nitrogens with zero attached hydrogens (tertiary/aromatic N) is 1. The van der Waals surface area contributed by atoms with Crippen LogP contribution in [-0.2, 0) is 25.7 Å². The van der Waals surface area contributed by atoms with Crippen LogP contribution in [0, 0.1) is 5.92 Å². The first-order valence-electron chi connectivity index (χ1n) is 12.8. The average Bonchev–Trinajstić information content (AvgIpc) is 3.29. The van der Waals surface area contributed by atoms with E-state index < -0.39 is 12.3 Å². The Labute approximate surface area is 217 Å². The molecule has 2 saturated heterocycles. The smallest absolute Gasteiger partial charge is 0.303 e. The second-order valence-corrected chi connectivity index (χ2v) is 9.94. The Morgan fingerprint density at radius 2 is 1.86 bits per heavy atom. The van der Waals surface area contributed by atoms with Gasteiger partial charge in [-0.05, 0) is 36.1 Å². The predicted molar refractivity (Wildman–Crippen MR) is 137 cm³/mol. The van der Waals surface area contributed by atoms with E-state index in [1.165, 1.54) is 0 Å². The lowest BCUT2D eigenvalue weighted by Crippen LogP contribution is -2.44.